The first-order chi connectivity index (χ1) is 6.68. The lowest BCUT2D eigenvalue weighted by molar-refractivity contribution is 0.475. The van der Waals surface area contributed by atoms with Crippen LogP contribution in [0.4, 0.5) is 0 Å². The van der Waals surface area contributed by atoms with Crippen molar-refractivity contribution in [1.29, 1.82) is 0 Å². The fourth-order valence-electron chi connectivity index (χ4n) is 1.35. The molecule has 0 amide bonds. The highest BCUT2D eigenvalue weighted by molar-refractivity contribution is 5.03. The van der Waals surface area contributed by atoms with Crippen LogP contribution in [0.5, 0.6) is 0 Å². The van der Waals surface area contributed by atoms with Gasteiger partial charge in [0.2, 0.25) is 0 Å². The molecule has 1 N–H and O–H groups in total. The molecule has 1 unspecified atom stereocenters. The molecule has 14 heavy (non-hydrogen) atoms. The molecule has 0 aliphatic heterocycles. The molecule has 0 aromatic carbocycles. The largest absolute Gasteiger partial charge is 0.314 e. The summed E-state index contributed by atoms with van der Waals surface area (Å²) in [5, 5.41) is 3.42. The van der Waals surface area contributed by atoms with Crippen molar-refractivity contribution in [2.75, 3.05) is 6.54 Å². The maximum Gasteiger partial charge on any atom is 0.115 e. The number of rotatable bonds is 5. The van der Waals surface area contributed by atoms with Crippen LogP contribution in [-0.4, -0.2) is 22.6 Å². The van der Waals surface area contributed by atoms with Crippen LogP contribution < -0.4 is 5.32 Å². The van der Waals surface area contributed by atoms with Crippen molar-refractivity contribution < 1.29 is 0 Å². The fraction of sp³-hybridized carbons (Fsp3) is 0.636. The zero-order chi connectivity index (χ0) is 10.4. The minimum absolute atomic E-state index is 0.560. The van der Waals surface area contributed by atoms with Crippen molar-refractivity contribution in [1.82, 2.24) is 15.3 Å². The maximum absolute atomic E-state index is 4.00. The van der Waals surface area contributed by atoms with Gasteiger partial charge in [-0.3, -0.25) is 0 Å². The molecule has 0 saturated heterocycles. The second-order valence-corrected chi connectivity index (χ2v) is 4.12. The first-order valence-corrected chi connectivity index (χ1v) is 5.15. The molecule has 1 heterocycles. The van der Waals surface area contributed by atoms with Gasteiger partial charge in [-0.1, -0.05) is 20.8 Å². The van der Waals surface area contributed by atoms with Crippen LogP contribution >= 0.6 is 0 Å². The van der Waals surface area contributed by atoms with Gasteiger partial charge in [-0.2, -0.15) is 0 Å². The number of nitrogens with one attached hydrogen (secondary N) is 1. The average molecular weight is 193 g/mol. The Morgan fingerprint density at radius 3 is 2.43 bits per heavy atom. The summed E-state index contributed by atoms with van der Waals surface area (Å²) in [4.78, 5) is 8.00. The molecule has 0 spiro atoms. The van der Waals surface area contributed by atoms with E-state index in [4.69, 9.17) is 0 Å². The van der Waals surface area contributed by atoms with Crippen molar-refractivity contribution in [3.05, 3.63) is 24.3 Å². The summed E-state index contributed by atoms with van der Waals surface area (Å²) >= 11 is 0. The van der Waals surface area contributed by atoms with E-state index in [1.165, 1.54) is 5.56 Å². The fourth-order valence-corrected chi connectivity index (χ4v) is 1.35. The second-order valence-electron chi connectivity index (χ2n) is 4.12. The smallest absolute Gasteiger partial charge is 0.115 e. The van der Waals surface area contributed by atoms with Gasteiger partial charge < -0.3 is 5.32 Å². The molecule has 0 fully saturated rings. The highest BCUT2D eigenvalue weighted by Gasteiger charge is 2.04. The highest BCUT2D eigenvalue weighted by atomic mass is 14.9. The molecular weight excluding hydrogens is 174 g/mol. The Hall–Kier alpha value is -0.960. The molecule has 0 aliphatic rings. The Morgan fingerprint density at radius 1 is 1.21 bits per heavy atom. The van der Waals surface area contributed by atoms with E-state index >= 15 is 0 Å². The van der Waals surface area contributed by atoms with E-state index in [1.54, 1.807) is 6.33 Å². The molecule has 1 rings (SSSR count). The minimum atomic E-state index is 0.560. The van der Waals surface area contributed by atoms with Crippen LogP contribution in [0.15, 0.2) is 18.7 Å². The van der Waals surface area contributed by atoms with E-state index in [2.05, 4.69) is 36.1 Å². The van der Waals surface area contributed by atoms with E-state index in [-0.39, 0.29) is 0 Å². The SMILES string of the molecule is CC(CNC(C)C)Cc1cncnc1. The van der Waals surface area contributed by atoms with Crippen LogP contribution in [0.3, 0.4) is 0 Å². The van der Waals surface area contributed by atoms with E-state index < -0.39 is 0 Å². The summed E-state index contributed by atoms with van der Waals surface area (Å²) in [6, 6.07) is 0.560. The van der Waals surface area contributed by atoms with Gasteiger partial charge >= 0.3 is 0 Å². The first kappa shape index (κ1) is 11.1. The molecule has 3 nitrogen and oxygen atoms in total. The predicted octanol–water partition coefficient (Wildman–Crippen LogP) is 1.65. The summed E-state index contributed by atoms with van der Waals surface area (Å²) in [6.45, 7) is 7.62. The Balaban J connectivity index is 2.30. The third-order valence-electron chi connectivity index (χ3n) is 2.07. The molecule has 0 saturated carbocycles. The van der Waals surface area contributed by atoms with Crippen molar-refractivity contribution >= 4 is 0 Å². The van der Waals surface area contributed by atoms with Gasteiger partial charge in [0.05, 0.1) is 0 Å². The predicted molar refractivity (Wildman–Crippen MR) is 58.0 cm³/mol. The van der Waals surface area contributed by atoms with E-state index in [9.17, 15) is 0 Å². The zero-order valence-corrected chi connectivity index (χ0v) is 9.20. The normalized spacial score (nSPS) is 13.1. The van der Waals surface area contributed by atoms with Crippen LogP contribution in [0, 0.1) is 5.92 Å². The van der Waals surface area contributed by atoms with Crippen LogP contribution in [0.25, 0.3) is 0 Å². The van der Waals surface area contributed by atoms with Gasteiger partial charge in [-0.05, 0) is 24.4 Å². The molecule has 1 aromatic rings. The summed E-state index contributed by atoms with van der Waals surface area (Å²) in [6.07, 6.45) is 6.39. The van der Waals surface area contributed by atoms with Gasteiger partial charge in [-0.15, -0.1) is 0 Å². The second kappa shape index (κ2) is 5.70. The maximum atomic E-state index is 4.00. The molecule has 0 bridgehead atoms. The van der Waals surface area contributed by atoms with Crippen molar-refractivity contribution in [3.63, 3.8) is 0 Å². The zero-order valence-electron chi connectivity index (χ0n) is 9.20. The van der Waals surface area contributed by atoms with Gasteiger partial charge in [0, 0.05) is 18.4 Å². The molecule has 0 radical (unpaired) electrons. The highest BCUT2D eigenvalue weighted by Crippen LogP contribution is 2.04. The summed E-state index contributed by atoms with van der Waals surface area (Å²) in [5.41, 5.74) is 1.21. The van der Waals surface area contributed by atoms with E-state index in [0.29, 0.717) is 12.0 Å². The van der Waals surface area contributed by atoms with Crippen LogP contribution in [0.1, 0.15) is 26.3 Å². The van der Waals surface area contributed by atoms with Crippen LogP contribution in [0.2, 0.25) is 0 Å². The topological polar surface area (TPSA) is 37.8 Å². The Bertz CT molecular complexity index is 246. The first-order valence-electron chi connectivity index (χ1n) is 5.15. The lowest BCUT2D eigenvalue weighted by Gasteiger charge is -2.14. The number of nitrogens with zero attached hydrogens (tertiary/aromatic N) is 2. The van der Waals surface area contributed by atoms with Gasteiger partial charge in [0.15, 0.2) is 0 Å². The molecule has 1 aromatic heterocycles. The third-order valence-corrected chi connectivity index (χ3v) is 2.07. The van der Waals surface area contributed by atoms with Crippen molar-refractivity contribution in [2.24, 2.45) is 5.92 Å². The lowest BCUT2D eigenvalue weighted by atomic mass is 10.0. The van der Waals surface area contributed by atoms with E-state index in [1.807, 2.05) is 12.4 Å². The van der Waals surface area contributed by atoms with Gasteiger partial charge in [-0.25, -0.2) is 9.97 Å². The summed E-state index contributed by atoms with van der Waals surface area (Å²) < 4.78 is 0. The summed E-state index contributed by atoms with van der Waals surface area (Å²) in [5.74, 6) is 0.628. The van der Waals surface area contributed by atoms with Gasteiger partial charge in [0.25, 0.3) is 0 Å². The average Bonchev–Trinajstić information content (AvgIpc) is 2.16. The summed E-state index contributed by atoms with van der Waals surface area (Å²) in [7, 11) is 0. The quantitative estimate of drug-likeness (QED) is 0.772. The number of aromatic nitrogens is 2. The van der Waals surface area contributed by atoms with E-state index in [0.717, 1.165) is 13.0 Å². The Labute approximate surface area is 86.0 Å². The third kappa shape index (κ3) is 4.33. The number of hydrogen-bond acceptors (Lipinski definition) is 3. The van der Waals surface area contributed by atoms with Crippen LogP contribution in [-0.2, 0) is 6.42 Å². The lowest BCUT2D eigenvalue weighted by Crippen LogP contribution is -2.28. The standard InChI is InChI=1S/C11H19N3/c1-9(2)14-5-10(3)4-11-6-12-8-13-7-11/h6-10,14H,4-5H2,1-3H3. The Kier molecular flexibility index (Phi) is 4.53. The molecule has 0 aliphatic carbocycles. The number of hydrogen-bond donors (Lipinski definition) is 1. The Morgan fingerprint density at radius 2 is 1.86 bits per heavy atom. The molecular formula is C11H19N3. The van der Waals surface area contributed by atoms with Crippen molar-refractivity contribution in [2.45, 2.75) is 33.2 Å². The molecule has 1 atom stereocenters. The molecule has 3 heteroatoms. The molecule has 78 valence electrons. The minimum Gasteiger partial charge on any atom is -0.314 e. The monoisotopic (exact) mass is 193 g/mol. The van der Waals surface area contributed by atoms with Crippen molar-refractivity contribution in [3.8, 4) is 0 Å². The van der Waals surface area contributed by atoms with Gasteiger partial charge in [0.1, 0.15) is 6.33 Å².